The first kappa shape index (κ1) is 15.5. The maximum Gasteiger partial charge on any atom is 0.324 e. The van der Waals surface area contributed by atoms with Crippen LogP contribution in [0.3, 0.4) is 0 Å². The van der Waals surface area contributed by atoms with Crippen molar-refractivity contribution in [3.05, 3.63) is 46.8 Å². The fourth-order valence-electron chi connectivity index (χ4n) is 2.03. The molecule has 0 radical (unpaired) electrons. The van der Waals surface area contributed by atoms with Gasteiger partial charge in [0.1, 0.15) is 10.8 Å². The smallest absolute Gasteiger partial charge is 0.324 e. The molecule has 112 valence electrons. The Kier molecular flexibility index (Phi) is 4.34. The summed E-state index contributed by atoms with van der Waals surface area (Å²) in [7, 11) is -3.87. The van der Waals surface area contributed by atoms with Gasteiger partial charge in [0.2, 0.25) is 0 Å². The van der Waals surface area contributed by atoms with Gasteiger partial charge < -0.3 is 5.11 Å². The van der Waals surface area contributed by atoms with Gasteiger partial charge in [0.15, 0.2) is 0 Å². The first-order valence-electron chi connectivity index (χ1n) is 6.17. The Labute approximate surface area is 127 Å². The number of carboxylic acid groups (broad SMARTS) is 1. The predicted molar refractivity (Wildman–Crippen MR) is 82.4 cm³/mol. The Morgan fingerprint density at radius 1 is 1.29 bits per heavy atom. The van der Waals surface area contributed by atoms with Crippen molar-refractivity contribution in [1.29, 1.82) is 0 Å². The van der Waals surface area contributed by atoms with Crippen molar-refractivity contribution in [3.8, 4) is 0 Å². The highest BCUT2D eigenvalue weighted by Crippen LogP contribution is 2.29. The number of thiophene rings is 1. The second-order valence-electron chi connectivity index (χ2n) is 4.63. The largest absolute Gasteiger partial charge is 0.480 e. The van der Waals surface area contributed by atoms with Gasteiger partial charge in [-0.25, -0.2) is 8.42 Å². The summed E-state index contributed by atoms with van der Waals surface area (Å²) in [4.78, 5) is 11.1. The number of aryl methyl sites for hydroxylation is 2. The van der Waals surface area contributed by atoms with E-state index in [0.717, 1.165) is 26.8 Å². The van der Waals surface area contributed by atoms with E-state index < -0.39 is 22.5 Å². The lowest BCUT2D eigenvalue weighted by Crippen LogP contribution is -2.35. The predicted octanol–water partition coefficient (Wildman–Crippen LogP) is 2.64. The number of hydrogen-bond donors (Lipinski definition) is 1. The van der Waals surface area contributed by atoms with Gasteiger partial charge in [-0.1, -0.05) is 23.8 Å². The molecule has 1 heterocycles. The fraction of sp³-hybridized carbons (Fsp3) is 0.214. The summed E-state index contributed by atoms with van der Waals surface area (Å²) in [5.41, 5.74) is 2.09. The number of aliphatic carboxylic acids is 1. The quantitative estimate of drug-likeness (QED) is 0.917. The Bertz CT molecular complexity index is 751. The van der Waals surface area contributed by atoms with Crippen LogP contribution in [0.15, 0.2) is 39.9 Å². The molecule has 0 bridgehead atoms. The van der Waals surface area contributed by atoms with Crippen LogP contribution in [-0.2, 0) is 14.8 Å². The second kappa shape index (κ2) is 5.87. The lowest BCUT2D eigenvalue weighted by Gasteiger charge is -2.23. The summed E-state index contributed by atoms with van der Waals surface area (Å²) in [5, 5.41) is 10.7. The van der Waals surface area contributed by atoms with E-state index in [1.165, 1.54) is 6.07 Å². The summed E-state index contributed by atoms with van der Waals surface area (Å²) >= 11 is 1.07. The molecule has 0 aliphatic carbocycles. The lowest BCUT2D eigenvalue weighted by molar-refractivity contribution is -0.135. The minimum absolute atomic E-state index is 0.128. The molecule has 2 rings (SSSR count). The minimum Gasteiger partial charge on any atom is -0.480 e. The zero-order chi connectivity index (χ0) is 15.6. The number of hydrogen-bond acceptors (Lipinski definition) is 4. The van der Waals surface area contributed by atoms with Crippen LogP contribution in [0.4, 0.5) is 5.69 Å². The van der Waals surface area contributed by atoms with Crippen molar-refractivity contribution >= 4 is 33.0 Å². The SMILES string of the molecule is Cc1ccc(N(CC(=O)O)S(=O)(=O)c2cccs2)c(C)c1. The summed E-state index contributed by atoms with van der Waals surface area (Å²) < 4.78 is 26.3. The zero-order valence-electron chi connectivity index (χ0n) is 11.6. The molecular weight excluding hydrogens is 310 g/mol. The number of nitrogens with zero attached hydrogens (tertiary/aromatic N) is 1. The highest BCUT2D eigenvalue weighted by Gasteiger charge is 2.28. The first-order valence-corrected chi connectivity index (χ1v) is 8.49. The van der Waals surface area contributed by atoms with Crippen molar-refractivity contribution in [3.63, 3.8) is 0 Å². The van der Waals surface area contributed by atoms with Crippen LogP contribution in [0.25, 0.3) is 0 Å². The number of sulfonamides is 1. The maximum atomic E-state index is 12.6. The van der Waals surface area contributed by atoms with E-state index in [-0.39, 0.29) is 4.21 Å². The normalized spacial score (nSPS) is 11.3. The third kappa shape index (κ3) is 3.25. The van der Waals surface area contributed by atoms with Crippen molar-refractivity contribution < 1.29 is 18.3 Å². The molecule has 0 atom stereocenters. The van der Waals surface area contributed by atoms with Gasteiger partial charge in [-0.2, -0.15) is 0 Å². The van der Waals surface area contributed by atoms with E-state index in [4.69, 9.17) is 5.11 Å². The van der Waals surface area contributed by atoms with Crippen LogP contribution in [0.5, 0.6) is 0 Å². The Morgan fingerprint density at radius 3 is 2.52 bits per heavy atom. The van der Waals surface area contributed by atoms with Crippen molar-refractivity contribution in [2.75, 3.05) is 10.8 Å². The molecule has 1 N–H and O–H groups in total. The van der Waals surface area contributed by atoms with Gasteiger partial charge >= 0.3 is 5.97 Å². The highest BCUT2D eigenvalue weighted by atomic mass is 32.2. The molecule has 1 aromatic heterocycles. The van der Waals surface area contributed by atoms with Crippen molar-refractivity contribution in [2.45, 2.75) is 18.1 Å². The molecule has 0 unspecified atom stereocenters. The van der Waals surface area contributed by atoms with Crippen molar-refractivity contribution in [2.24, 2.45) is 0 Å². The molecule has 7 heteroatoms. The number of benzene rings is 1. The lowest BCUT2D eigenvalue weighted by atomic mass is 10.1. The van der Waals surface area contributed by atoms with Gasteiger partial charge in [0.25, 0.3) is 10.0 Å². The monoisotopic (exact) mass is 325 g/mol. The van der Waals surface area contributed by atoms with E-state index in [0.29, 0.717) is 5.69 Å². The highest BCUT2D eigenvalue weighted by molar-refractivity contribution is 7.94. The topological polar surface area (TPSA) is 74.7 Å². The average Bonchev–Trinajstić information content (AvgIpc) is 2.90. The average molecular weight is 325 g/mol. The van der Waals surface area contributed by atoms with E-state index >= 15 is 0 Å². The van der Waals surface area contributed by atoms with Gasteiger partial charge in [-0.05, 0) is 36.9 Å². The van der Waals surface area contributed by atoms with Crippen LogP contribution in [0.1, 0.15) is 11.1 Å². The molecule has 0 aliphatic heterocycles. The molecule has 0 aliphatic rings. The molecule has 0 saturated heterocycles. The van der Waals surface area contributed by atoms with E-state index in [2.05, 4.69) is 0 Å². The molecular formula is C14H15NO4S2. The Hall–Kier alpha value is -1.86. The van der Waals surface area contributed by atoms with Gasteiger partial charge in [0.05, 0.1) is 5.69 Å². The third-order valence-corrected chi connectivity index (χ3v) is 6.07. The summed E-state index contributed by atoms with van der Waals surface area (Å²) in [6, 6.07) is 8.32. The number of carboxylic acids is 1. The van der Waals surface area contributed by atoms with E-state index in [9.17, 15) is 13.2 Å². The van der Waals surface area contributed by atoms with Crippen molar-refractivity contribution in [1.82, 2.24) is 0 Å². The third-order valence-electron chi connectivity index (χ3n) is 2.94. The number of carbonyl (C=O) groups is 1. The Balaban J connectivity index is 2.56. The molecule has 1 aromatic carbocycles. The van der Waals surface area contributed by atoms with E-state index in [1.807, 2.05) is 13.0 Å². The van der Waals surface area contributed by atoms with Crippen LogP contribution in [-0.4, -0.2) is 26.0 Å². The summed E-state index contributed by atoms with van der Waals surface area (Å²) in [5.74, 6) is -1.20. The van der Waals surface area contributed by atoms with Crippen LogP contribution in [0.2, 0.25) is 0 Å². The van der Waals surface area contributed by atoms with Crippen LogP contribution < -0.4 is 4.31 Å². The fourth-order valence-corrected chi connectivity index (χ4v) is 4.61. The zero-order valence-corrected chi connectivity index (χ0v) is 13.2. The molecule has 2 aromatic rings. The second-order valence-corrected chi connectivity index (χ2v) is 7.66. The maximum absolute atomic E-state index is 12.6. The summed E-state index contributed by atoms with van der Waals surface area (Å²) in [6.07, 6.45) is 0. The van der Waals surface area contributed by atoms with Crippen LogP contribution >= 0.6 is 11.3 Å². The van der Waals surface area contributed by atoms with Gasteiger partial charge in [0, 0.05) is 0 Å². The standard InChI is InChI=1S/C14H15NO4S2/c1-10-5-6-12(11(2)8-10)15(9-13(16)17)21(18,19)14-4-3-7-20-14/h3-8H,9H2,1-2H3,(H,16,17). The van der Waals surface area contributed by atoms with Crippen LogP contribution in [0, 0.1) is 13.8 Å². The van der Waals surface area contributed by atoms with E-state index in [1.54, 1.807) is 30.5 Å². The minimum atomic E-state index is -3.87. The Morgan fingerprint density at radius 2 is 2.00 bits per heavy atom. The molecule has 5 nitrogen and oxygen atoms in total. The summed E-state index contributed by atoms with van der Waals surface area (Å²) in [6.45, 7) is 3.05. The number of anilines is 1. The molecule has 0 amide bonds. The van der Waals surface area contributed by atoms with Gasteiger partial charge in [-0.3, -0.25) is 9.10 Å². The molecule has 21 heavy (non-hydrogen) atoms. The molecule has 0 spiro atoms. The van der Waals surface area contributed by atoms with Gasteiger partial charge in [-0.15, -0.1) is 11.3 Å². The molecule has 0 fully saturated rings. The number of rotatable bonds is 5. The first-order chi connectivity index (χ1) is 9.82. The molecule has 0 saturated carbocycles.